The average Bonchev–Trinajstić information content (AvgIpc) is 2.38. The van der Waals surface area contributed by atoms with Gasteiger partial charge in [0.15, 0.2) is 5.75 Å². The molecule has 4 nitrogen and oxygen atoms in total. The first-order chi connectivity index (χ1) is 8.29. The minimum Gasteiger partial charge on any atom is -0.488 e. The van der Waals surface area contributed by atoms with Crippen LogP contribution < -0.4 is 15.8 Å². The quantitative estimate of drug-likeness (QED) is 0.693. The zero-order chi connectivity index (χ0) is 13.5. The second-order valence-electron chi connectivity index (χ2n) is 5.89. The first-order valence-electron chi connectivity index (χ1n) is 6.16. The maximum Gasteiger partial charge on any atom is 0.230 e. The Balaban J connectivity index is 2.50. The summed E-state index contributed by atoms with van der Waals surface area (Å²) in [5.74, 6) is 0.384. The van der Waals surface area contributed by atoms with Gasteiger partial charge in [-0.25, -0.2) is 0 Å². The fourth-order valence-corrected chi connectivity index (χ4v) is 1.88. The largest absolute Gasteiger partial charge is 0.488 e. The van der Waals surface area contributed by atoms with Crippen molar-refractivity contribution in [3.63, 3.8) is 0 Å². The molecular formula is C14H20N2O2. The van der Waals surface area contributed by atoms with Gasteiger partial charge < -0.3 is 15.8 Å². The van der Waals surface area contributed by atoms with Crippen molar-refractivity contribution in [1.82, 2.24) is 0 Å². The number of carbonyl (C=O) groups excluding carboxylic acids is 1. The van der Waals surface area contributed by atoms with Crippen molar-refractivity contribution in [3.05, 3.63) is 17.7 Å². The van der Waals surface area contributed by atoms with Gasteiger partial charge in [0, 0.05) is 0 Å². The minimum absolute atomic E-state index is 0.0220. The SMILES string of the molecule is CC1COc2c(N)cc(C(C)(C)C)cc2NC1=O. The fraction of sp³-hybridized carbons (Fsp3) is 0.500. The van der Waals surface area contributed by atoms with Crippen molar-refractivity contribution >= 4 is 17.3 Å². The number of nitrogens with one attached hydrogen (secondary N) is 1. The van der Waals surface area contributed by atoms with Gasteiger partial charge in [0.25, 0.3) is 0 Å². The lowest BCUT2D eigenvalue weighted by Gasteiger charge is -2.22. The minimum atomic E-state index is -0.171. The van der Waals surface area contributed by atoms with E-state index in [1.54, 1.807) is 0 Å². The summed E-state index contributed by atoms with van der Waals surface area (Å²) in [6.07, 6.45) is 0. The number of benzene rings is 1. The summed E-state index contributed by atoms with van der Waals surface area (Å²) in [6, 6.07) is 3.86. The molecule has 1 amide bonds. The number of nitrogens with two attached hydrogens (primary N) is 1. The Morgan fingerprint density at radius 3 is 2.67 bits per heavy atom. The molecule has 2 rings (SSSR count). The Morgan fingerprint density at radius 1 is 1.39 bits per heavy atom. The van der Waals surface area contributed by atoms with Crippen LogP contribution in [0.4, 0.5) is 11.4 Å². The van der Waals surface area contributed by atoms with Crippen LogP contribution in [0.25, 0.3) is 0 Å². The number of carbonyl (C=O) groups is 1. The fourth-order valence-electron chi connectivity index (χ4n) is 1.88. The van der Waals surface area contributed by atoms with Crippen LogP contribution in [-0.4, -0.2) is 12.5 Å². The second-order valence-corrected chi connectivity index (χ2v) is 5.89. The standard InChI is InChI=1S/C14H20N2O2/c1-8-7-18-12-10(15)5-9(14(2,3)4)6-11(12)16-13(8)17/h5-6,8H,7,15H2,1-4H3,(H,16,17). The Kier molecular flexibility index (Phi) is 2.97. The van der Waals surface area contributed by atoms with E-state index in [2.05, 4.69) is 26.1 Å². The van der Waals surface area contributed by atoms with Gasteiger partial charge in [0.2, 0.25) is 5.91 Å². The van der Waals surface area contributed by atoms with Crippen molar-refractivity contribution < 1.29 is 9.53 Å². The van der Waals surface area contributed by atoms with Crippen molar-refractivity contribution in [2.75, 3.05) is 17.7 Å². The molecule has 1 aliphatic rings. The van der Waals surface area contributed by atoms with E-state index in [9.17, 15) is 4.79 Å². The Morgan fingerprint density at radius 2 is 2.06 bits per heavy atom. The number of ether oxygens (including phenoxy) is 1. The van der Waals surface area contributed by atoms with Crippen molar-refractivity contribution in [2.24, 2.45) is 5.92 Å². The predicted octanol–water partition coefficient (Wildman–Crippen LogP) is 2.53. The van der Waals surface area contributed by atoms with Crippen LogP contribution >= 0.6 is 0 Å². The number of rotatable bonds is 0. The number of anilines is 2. The molecule has 18 heavy (non-hydrogen) atoms. The van der Waals surface area contributed by atoms with Gasteiger partial charge in [0.1, 0.15) is 0 Å². The van der Waals surface area contributed by atoms with Crippen molar-refractivity contribution in [2.45, 2.75) is 33.1 Å². The van der Waals surface area contributed by atoms with Crippen molar-refractivity contribution in [3.8, 4) is 5.75 Å². The predicted molar refractivity (Wildman–Crippen MR) is 72.8 cm³/mol. The molecule has 0 radical (unpaired) electrons. The molecule has 0 bridgehead atoms. The van der Waals surface area contributed by atoms with Crippen molar-refractivity contribution in [1.29, 1.82) is 0 Å². The summed E-state index contributed by atoms with van der Waals surface area (Å²) in [7, 11) is 0. The third-order valence-corrected chi connectivity index (χ3v) is 3.17. The molecule has 0 saturated carbocycles. The lowest BCUT2D eigenvalue weighted by molar-refractivity contribution is -0.119. The summed E-state index contributed by atoms with van der Waals surface area (Å²) in [6.45, 7) is 8.52. The summed E-state index contributed by atoms with van der Waals surface area (Å²) >= 11 is 0. The topological polar surface area (TPSA) is 64.3 Å². The second kappa shape index (κ2) is 4.19. The van der Waals surface area contributed by atoms with Gasteiger partial charge in [-0.15, -0.1) is 0 Å². The van der Waals surface area contributed by atoms with Gasteiger partial charge >= 0.3 is 0 Å². The number of fused-ring (bicyclic) bond motifs is 1. The van der Waals surface area contributed by atoms with Gasteiger partial charge in [0.05, 0.1) is 23.9 Å². The van der Waals surface area contributed by atoms with Gasteiger partial charge in [-0.05, 0) is 23.1 Å². The maximum atomic E-state index is 11.8. The van der Waals surface area contributed by atoms with Crippen LogP contribution in [-0.2, 0) is 10.2 Å². The molecule has 3 N–H and O–H groups in total. The summed E-state index contributed by atoms with van der Waals surface area (Å²) in [5, 5.41) is 2.88. The number of nitrogen functional groups attached to an aromatic ring is 1. The highest BCUT2D eigenvalue weighted by Crippen LogP contribution is 2.38. The molecule has 1 unspecified atom stereocenters. The number of hydrogen-bond acceptors (Lipinski definition) is 3. The van der Waals surface area contributed by atoms with Crippen LogP contribution in [0.15, 0.2) is 12.1 Å². The van der Waals surface area contributed by atoms with E-state index in [0.717, 1.165) is 5.56 Å². The molecule has 1 aromatic rings. The molecule has 0 fully saturated rings. The number of amides is 1. The molecule has 1 aromatic carbocycles. The van der Waals surface area contributed by atoms with E-state index in [1.165, 1.54) is 0 Å². The number of hydrogen-bond donors (Lipinski definition) is 2. The zero-order valence-electron chi connectivity index (χ0n) is 11.3. The Labute approximate surface area is 108 Å². The van der Waals surface area contributed by atoms with Crippen LogP contribution in [0.3, 0.4) is 0 Å². The average molecular weight is 248 g/mol. The molecule has 0 spiro atoms. The molecule has 0 aromatic heterocycles. The summed E-state index contributed by atoms with van der Waals surface area (Å²) in [4.78, 5) is 11.8. The monoisotopic (exact) mass is 248 g/mol. The zero-order valence-corrected chi connectivity index (χ0v) is 11.3. The van der Waals surface area contributed by atoms with E-state index in [4.69, 9.17) is 10.5 Å². The van der Waals surface area contributed by atoms with Gasteiger partial charge in [-0.2, -0.15) is 0 Å². The Hall–Kier alpha value is -1.71. The Bertz CT molecular complexity index is 489. The van der Waals surface area contributed by atoms with E-state index < -0.39 is 0 Å². The smallest absolute Gasteiger partial charge is 0.230 e. The third-order valence-electron chi connectivity index (χ3n) is 3.17. The van der Waals surface area contributed by atoms with Gasteiger partial charge in [-0.1, -0.05) is 27.7 Å². The summed E-state index contributed by atoms with van der Waals surface area (Å²) < 4.78 is 5.62. The lowest BCUT2D eigenvalue weighted by atomic mass is 9.86. The maximum absolute atomic E-state index is 11.8. The van der Waals surface area contributed by atoms with E-state index >= 15 is 0 Å². The normalized spacial score (nSPS) is 19.6. The molecule has 98 valence electrons. The van der Waals surface area contributed by atoms with E-state index in [1.807, 2.05) is 19.1 Å². The van der Waals surface area contributed by atoms with E-state index in [0.29, 0.717) is 23.7 Å². The first-order valence-corrected chi connectivity index (χ1v) is 6.16. The lowest BCUT2D eigenvalue weighted by Crippen LogP contribution is -2.22. The third kappa shape index (κ3) is 2.28. The molecule has 1 heterocycles. The summed E-state index contributed by atoms with van der Waals surface area (Å²) in [5.41, 5.74) is 8.33. The first kappa shape index (κ1) is 12.7. The van der Waals surface area contributed by atoms with E-state index in [-0.39, 0.29) is 17.2 Å². The molecule has 1 aliphatic heterocycles. The van der Waals surface area contributed by atoms with Gasteiger partial charge in [-0.3, -0.25) is 4.79 Å². The van der Waals surface area contributed by atoms with Crippen LogP contribution in [0, 0.1) is 5.92 Å². The highest BCUT2D eigenvalue weighted by Gasteiger charge is 2.25. The molecule has 4 heteroatoms. The molecule has 1 atom stereocenters. The molecule has 0 aliphatic carbocycles. The van der Waals surface area contributed by atoms with Crippen LogP contribution in [0.1, 0.15) is 33.3 Å². The van der Waals surface area contributed by atoms with Crippen LogP contribution in [0.2, 0.25) is 0 Å². The van der Waals surface area contributed by atoms with Crippen LogP contribution in [0.5, 0.6) is 5.75 Å². The molecular weight excluding hydrogens is 228 g/mol. The highest BCUT2D eigenvalue weighted by atomic mass is 16.5. The highest BCUT2D eigenvalue weighted by molar-refractivity contribution is 5.96. The molecule has 0 saturated heterocycles.